The summed E-state index contributed by atoms with van der Waals surface area (Å²) in [4.78, 5) is 15.4. The van der Waals surface area contributed by atoms with Crippen molar-refractivity contribution >= 4 is 6.09 Å². The Kier molecular flexibility index (Phi) is 6.56. The summed E-state index contributed by atoms with van der Waals surface area (Å²) in [6.07, 6.45) is 3.97. The Balaban J connectivity index is 1.33. The molecule has 3 fully saturated rings. The average molecular weight is 477 g/mol. The zero-order valence-corrected chi connectivity index (χ0v) is 21.9. The van der Waals surface area contributed by atoms with Gasteiger partial charge in [0, 0.05) is 6.54 Å². The molecule has 188 valence electrons. The fraction of sp³-hybridized carbons (Fsp3) is 0.567. The first kappa shape index (κ1) is 24.2. The van der Waals surface area contributed by atoms with Crippen molar-refractivity contribution in [3.63, 3.8) is 0 Å². The summed E-state index contributed by atoms with van der Waals surface area (Å²) in [6.45, 7) is 14.8. The molecule has 2 aromatic carbocycles. The Bertz CT molecular complexity index is 1080. The third kappa shape index (κ3) is 4.80. The van der Waals surface area contributed by atoms with Crippen molar-refractivity contribution in [3.8, 4) is 16.9 Å². The van der Waals surface area contributed by atoms with Gasteiger partial charge < -0.3 is 14.8 Å². The van der Waals surface area contributed by atoms with Crippen LogP contribution in [0.25, 0.3) is 11.1 Å². The van der Waals surface area contributed by atoms with Crippen LogP contribution in [0.1, 0.15) is 68.3 Å². The number of carbonyl (C=O) groups excluding carboxylic acids is 1. The zero-order chi connectivity index (χ0) is 24.7. The van der Waals surface area contributed by atoms with Crippen LogP contribution in [0.2, 0.25) is 0 Å². The monoisotopic (exact) mass is 476 g/mol. The van der Waals surface area contributed by atoms with Crippen LogP contribution in [-0.2, 0) is 11.2 Å². The van der Waals surface area contributed by atoms with E-state index in [0.29, 0.717) is 5.92 Å². The highest BCUT2D eigenvalue weighted by atomic mass is 16.6. The van der Waals surface area contributed by atoms with E-state index in [-0.39, 0.29) is 23.7 Å². The number of nitrogens with zero attached hydrogens (tertiary/aromatic N) is 1. The summed E-state index contributed by atoms with van der Waals surface area (Å²) < 4.78 is 11.9. The van der Waals surface area contributed by atoms with E-state index in [2.05, 4.69) is 75.2 Å². The van der Waals surface area contributed by atoms with Gasteiger partial charge in [-0.1, -0.05) is 39.0 Å². The van der Waals surface area contributed by atoms with Crippen molar-refractivity contribution in [3.05, 3.63) is 52.6 Å². The normalized spacial score (nSPS) is 26.3. The number of nitrogens with one attached hydrogen (secondary N) is 1. The molecule has 4 aliphatic rings. The van der Waals surface area contributed by atoms with Crippen LogP contribution in [0.5, 0.6) is 5.75 Å². The first-order chi connectivity index (χ1) is 16.7. The predicted octanol–water partition coefficient (Wildman–Crippen LogP) is 6.20. The van der Waals surface area contributed by atoms with Crippen LogP contribution in [0.4, 0.5) is 4.79 Å². The number of hydrogen-bond acceptors (Lipinski definition) is 4. The lowest BCUT2D eigenvalue weighted by molar-refractivity contribution is -0.0348. The topological polar surface area (TPSA) is 50.8 Å². The molecule has 3 saturated heterocycles. The van der Waals surface area contributed by atoms with Gasteiger partial charge in [0.05, 0.1) is 12.6 Å². The molecule has 1 unspecified atom stereocenters. The van der Waals surface area contributed by atoms with Crippen LogP contribution in [0.15, 0.2) is 30.3 Å². The molecule has 2 bridgehead atoms. The van der Waals surface area contributed by atoms with Crippen molar-refractivity contribution in [2.45, 2.75) is 72.4 Å². The van der Waals surface area contributed by atoms with E-state index in [0.717, 1.165) is 57.7 Å². The van der Waals surface area contributed by atoms with E-state index in [1.165, 1.54) is 33.4 Å². The summed E-state index contributed by atoms with van der Waals surface area (Å²) in [7, 11) is 0. The van der Waals surface area contributed by atoms with E-state index in [1.807, 2.05) is 0 Å². The molecule has 5 nitrogen and oxygen atoms in total. The van der Waals surface area contributed by atoms with Crippen molar-refractivity contribution in [1.29, 1.82) is 0 Å². The second-order valence-electron chi connectivity index (χ2n) is 11.5. The van der Waals surface area contributed by atoms with Gasteiger partial charge in [0.1, 0.15) is 11.9 Å². The second kappa shape index (κ2) is 9.50. The fourth-order valence-electron chi connectivity index (χ4n) is 6.39. The summed E-state index contributed by atoms with van der Waals surface area (Å²) in [6, 6.07) is 11.1. The average Bonchev–Trinajstić information content (AvgIpc) is 3.07. The minimum atomic E-state index is -0.271. The maximum Gasteiger partial charge on any atom is 0.407 e. The molecule has 6 rings (SSSR count). The van der Waals surface area contributed by atoms with Crippen molar-refractivity contribution < 1.29 is 14.3 Å². The number of aryl methyl sites for hydroxylation is 2. The molecule has 1 aliphatic carbocycles. The highest BCUT2D eigenvalue weighted by Crippen LogP contribution is 2.46. The fourth-order valence-corrected chi connectivity index (χ4v) is 6.39. The summed E-state index contributed by atoms with van der Waals surface area (Å²) in [5, 5.41) is 3.24. The van der Waals surface area contributed by atoms with Gasteiger partial charge in [-0.3, -0.25) is 4.90 Å². The Morgan fingerprint density at radius 2 is 1.80 bits per heavy atom. The molecule has 2 atom stereocenters. The lowest BCUT2D eigenvalue weighted by Gasteiger charge is -2.44. The SMILES string of the molecule is CCCOc1c(C)cc(-c2ccc3c(c2)CC(C)(C)C3NC(=O)O[C@@H]2CN3CCC2CC3)cc1C. The summed E-state index contributed by atoms with van der Waals surface area (Å²) >= 11 is 0. The molecule has 0 aromatic heterocycles. The lowest BCUT2D eigenvalue weighted by atomic mass is 9.85. The van der Waals surface area contributed by atoms with Gasteiger partial charge in [-0.2, -0.15) is 0 Å². The number of benzene rings is 2. The van der Waals surface area contributed by atoms with E-state index in [1.54, 1.807) is 0 Å². The highest BCUT2D eigenvalue weighted by Gasteiger charge is 2.42. The molecule has 2 aromatic rings. The largest absolute Gasteiger partial charge is 0.493 e. The Morgan fingerprint density at radius 1 is 1.09 bits per heavy atom. The number of alkyl carbamates (subject to hydrolysis) is 1. The molecule has 0 spiro atoms. The van der Waals surface area contributed by atoms with E-state index >= 15 is 0 Å². The Labute approximate surface area is 210 Å². The highest BCUT2D eigenvalue weighted by molar-refractivity contribution is 5.71. The Hall–Kier alpha value is -2.53. The standard InChI is InChI=1S/C30H40N2O3/c1-6-13-34-27-19(2)14-23(15-20(27)3)22-7-8-25-24(16-22)17-30(4,5)28(25)31-29(33)35-26-18-32-11-9-21(26)10-12-32/h7-8,14-16,21,26,28H,6,9-13,17-18H2,1-5H3,(H,31,33)/t26-,28?/m1/s1. The first-order valence-electron chi connectivity index (χ1n) is 13.3. The predicted molar refractivity (Wildman–Crippen MR) is 140 cm³/mol. The molecule has 0 radical (unpaired) electrons. The molecule has 1 amide bonds. The minimum absolute atomic E-state index is 0.0274. The molecule has 35 heavy (non-hydrogen) atoms. The third-order valence-electron chi connectivity index (χ3n) is 8.24. The van der Waals surface area contributed by atoms with Crippen molar-refractivity contribution in [2.24, 2.45) is 11.3 Å². The first-order valence-corrected chi connectivity index (χ1v) is 13.3. The second-order valence-corrected chi connectivity index (χ2v) is 11.5. The zero-order valence-electron chi connectivity index (χ0n) is 21.9. The Morgan fingerprint density at radius 3 is 2.43 bits per heavy atom. The smallest absolute Gasteiger partial charge is 0.407 e. The molecule has 3 heterocycles. The van der Waals surface area contributed by atoms with Gasteiger partial charge in [-0.05, 0) is 109 Å². The number of amides is 1. The summed E-state index contributed by atoms with van der Waals surface area (Å²) in [5.41, 5.74) is 7.21. The van der Waals surface area contributed by atoms with Crippen LogP contribution < -0.4 is 10.1 Å². The lowest BCUT2D eigenvalue weighted by Crippen LogP contribution is -2.53. The maximum atomic E-state index is 12.9. The van der Waals surface area contributed by atoms with E-state index in [9.17, 15) is 4.79 Å². The maximum absolute atomic E-state index is 12.9. The summed E-state index contributed by atoms with van der Waals surface area (Å²) in [5.74, 6) is 1.52. The van der Waals surface area contributed by atoms with Crippen LogP contribution in [-0.4, -0.2) is 43.3 Å². The van der Waals surface area contributed by atoms with Gasteiger partial charge in [0.15, 0.2) is 0 Å². The van der Waals surface area contributed by atoms with Gasteiger partial charge in [-0.25, -0.2) is 4.79 Å². The molecule has 5 heteroatoms. The third-order valence-corrected chi connectivity index (χ3v) is 8.24. The van der Waals surface area contributed by atoms with Gasteiger partial charge in [-0.15, -0.1) is 0 Å². The number of fused-ring (bicyclic) bond motifs is 4. The minimum Gasteiger partial charge on any atom is -0.493 e. The van der Waals surface area contributed by atoms with Crippen LogP contribution in [0, 0.1) is 25.2 Å². The number of ether oxygens (including phenoxy) is 2. The van der Waals surface area contributed by atoms with Crippen molar-refractivity contribution in [2.75, 3.05) is 26.2 Å². The number of piperidine rings is 3. The number of hydrogen-bond donors (Lipinski definition) is 1. The number of carbonyl (C=O) groups is 1. The van der Waals surface area contributed by atoms with E-state index in [4.69, 9.17) is 9.47 Å². The van der Waals surface area contributed by atoms with Gasteiger partial charge in [0.25, 0.3) is 0 Å². The number of rotatable bonds is 6. The van der Waals surface area contributed by atoms with Crippen LogP contribution in [0.3, 0.4) is 0 Å². The molecule has 0 saturated carbocycles. The van der Waals surface area contributed by atoms with Crippen molar-refractivity contribution in [1.82, 2.24) is 10.2 Å². The molecular formula is C30H40N2O3. The molecule has 3 aliphatic heterocycles. The van der Waals surface area contributed by atoms with E-state index < -0.39 is 0 Å². The molecule has 1 N–H and O–H groups in total. The molecular weight excluding hydrogens is 436 g/mol. The van der Waals surface area contributed by atoms with Gasteiger partial charge >= 0.3 is 6.09 Å². The van der Waals surface area contributed by atoms with Gasteiger partial charge in [0.2, 0.25) is 0 Å². The quantitative estimate of drug-likeness (QED) is 0.539. The van der Waals surface area contributed by atoms with Crippen LogP contribution >= 0.6 is 0 Å².